The Hall–Kier alpha value is -0.650. The lowest BCUT2D eigenvalue weighted by Crippen LogP contribution is -2.44. The number of ether oxygens (including phenoxy) is 1. The summed E-state index contributed by atoms with van der Waals surface area (Å²) < 4.78 is 5.33. The first kappa shape index (κ1) is 16.7. The predicted molar refractivity (Wildman–Crippen MR) is 85.7 cm³/mol. The minimum absolute atomic E-state index is 0.331. The second-order valence-corrected chi connectivity index (χ2v) is 5.96. The van der Waals surface area contributed by atoms with Crippen LogP contribution in [-0.4, -0.2) is 66.9 Å². The Morgan fingerprint density at radius 2 is 2.14 bits per heavy atom. The van der Waals surface area contributed by atoms with Gasteiger partial charge in [0.1, 0.15) is 0 Å². The van der Waals surface area contributed by atoms with Crippen molar-refractivity contribution in [3.63, 3.8) is 0 Å². The molecule has 0 aliphatic carbocycles. The molecule has 0 spiro atoms. The van der Waals surface area contributed by atoms with Gasteiger partial charge in [-0.1, -0.05) is 30.7 Å². The highest BCUT2D eigenvalue weighted by atomic mass is 35.5. The normalized spacial score (nSPS) is 18.1. The summed E-state index contributed by atoms with van der Waals surface area (Å²) in [7, 11) is 0. The Balaban J connectivity index is 1.80. The molecule has 1 saturated heterocycles. The topological polar surface area (TPSA) is 35.9 Å². The van der Waals surface area contributed by atoms with Gasteiger partial charge in [0, 0.05) is 37.7 Å². The third-order valence-electron chi connectivity index (χ3n) is 3.78. The van der Waals surface area contributed by atoms with E-state index in [9.17, 15) is 5.11 Å². The zero-order chi connectivity index (χ0) is 15.1. The number of aliphatic hydroxyl groups is 1. The fraction of sp³-hybridized carbons (Fsp3) is 0.625. The number of β-amino-alcohol motifs (C(OH)–C–C–N with tert-alkyl or cyclic N) is 1. The average Bonchev–Trinajstić information content (AvgIpc) is 2.47. The minimum Gasteiger partial charge on any atom is -0.390 e. The van der Waals surface area contributed by atoms with Crippen molar-refractivity contribution >= 4 is 11.6 Å². The molecule has 0 bridgehead atoms. The van der Waals surface area contributed by atoms with Gasteiger partial charge in [-0.15, -0.1) is 0 Å². The van der Waals surface area contributed by atoms with Gasteiger partial charge in [-0.05, 0) is 24.2 Å². The minimum atomic E-state index is -0.331. The molecule has 0 aromatic heterocycles. The van der Waals surface area contributed by atoms with Crippen LogP contribution >= 0.6 is 11.6 Å². The number of hydrogen-bond acceptors (Lipinski definition) is 4. The molecule has 5 heteroatoms. The molecule has 1 fully saturated rings. The van der Waals surface area contributed by atoms with Gasteiger partial charge < -0.3 is 9.84 Å². The second-order valence-electron chi connectivity index (χ2n) is 5.52. The van der Waals surface area contributed by atoms with Crippen LogP contribution in [0.25, 0.3) is 0 Å². The zero-order valence-corrected chi connectivity index (χ0v) is 13.4. The molecule has 1 aromatic rings. The van der Waals surface area contributed by atoms with Crippen LogP contribution < -0.4 is 0 Å². The summed E-state index contributed by atoms with van der Waals surface area (Å²) in [6, 6.07) is 7.91. The van der Waals surface area contributed by atoms with Gasteiger partial charge in [0.15, 0.2) is 0 Å². The summed E-state index contributed by atoms with van der Waals surface area (Å²) in [5, 5.41) is 11.0. The third-order valence-corrected chi connectivity index (χ3v) is 4.02. The summed E-state index contributed by atoms with van der Waals surface area (Å²) in [6.45, 7) is 8.61. The lowest BCUT2D eigenvalue weighted by molar-refractivity contribution is 0.00669. The van der Waals surface area contributed by atoms with Crippen LogP contribution in [0.5, 0.6) is 0 Å². The van der Waals surface area contributed by atoms with E-state index < -0.39 is 0 Å². The Kier molecular flexibility index (Phi) is 6.93. The second kappa shape index (κ2) is 8.71. The van der Waals surface area contributed by atoms with E-state index in [4.69, 9.17) is 16.3 Å². The van der Waals surface area contributed by atoms with E-state index in [1.807, 2.05) is 18.2 Å². The molecule has 21 heavy (non-hydrogen) atoms. The van der Waals surface area contributed by atoms with E-state index in [0.717, 1.165) is 51.0 Å². The Morgan fingerprint density at radius 3 is 2.81 bits per heavy atom. The zero-order valence-electron chi connectivity index (χ0n) is 12.7. The average molecular weight is 313 g/mol. The van der Waals surface area contributed by atoms with Crippen molar-refractivity contribution in [3.05, 3.63) is 34.9 Å². The van der Waals surface area contributed by atoms with Gasteiger partial charge in [-0.2, -0.15) is 0 Å². The lowest BCUT2D eigenvalue weighted by atomic mass is 10.2. The summed E-state index contributed by atoms with van der Waals surface area (Å²) >= 11 is 6.02. The quantitative estimate of drug-likeness (QED) is 0.833. The van der Waals surface area contributed by atoms with E-state index in [1.54, 1.807) is 0 Å². The van der Waals surface area contributed by atoms with Gasteiger partial charge in [-0.25, -0.2) is 0 Å². The Morgan fingerprint density at radius 1 is 1.38 bits per heavy atom. The molecular weight excluding hydrogens is 288 g/mol. The van der Waals surface area contributed by atoms with Crippen molar-refractivity contribution in [2.24, 2.45) is 0 Å². The highest BCUT2D eigenvalue weighted by molar-refractivity contribution is 6.30. The maximum atomic E-state index is 10.3. The van der Waals surface area contributed by atoms with Crippen LogP contribution in [0.1, 0.15) is 12.5 Å². The largest absolute Gasteiger partial charge is 0.390 e. The van der Waals surface area contributed by atoms with Crippen LogP contribution in [0, 0.1) is 0 Å². The first-order valence-electron chi connectivity index (χ1n) is 7.62. The van der Waals surface area contributed by atoms with Crippen molar-refractivity contribution in [2.75, 3.05) is 45.9 Å². The monoisotopic (exact) mass is 312 g/mol. The standard InChI is InChI=1S/C16H25ClN2O2/c1-2-18(11-14-4-3-5-15(17)10-14)12-16(20)13-19-6-8-21-9-7-19/h3-5,10,16,20H,2,6-9,11-13H2,1H3. The fourth-order valence-electron chi connectivity index (χ4n) is 2.64. The van der Waals surface area contributed by atoms with Gasteiger partial charge in [0.05, 0.1) is 19.3 Å². The summed E-state index contributed by atoms with van der Waals surface area (Å²) in [5.74, 6) is 0. The van der Waals surface area contributed by atoms with Gasteiger partial charge in [0.25, 0.3) is 0 Å². The molecular formula is C16H25ClN2O2. The number of hydrogen-bond donors (Lipinski definition) is 1. The van der Waals surface area contributed by atoms with E-state index in [-0.39, 0.29) is 6.10 Å². The van der Waals surface area contributed by atoms with E-state index >= 15 is 0 Å². The smallest absolute Gasteiger partial charge is 0.0793 e. The molecule has 0 saturated carbocycles. The predicted octanol–water partition coefficient (Wildman–Crippen LogP) is 1.85. The van der Waals surface area contributed by atoms with E-state index in [1.165, 1.54) is 5.56 Å². The van der Waals surface area contributed by atoms with Gasteiger partial charge in [-0.3, -0.25) is 9.80 Å². The molecule has 0 amide bonds. The Bertz CT molecular complexity index is 424. The van der Waals surface area contributed by atoms with Crippen LogP contribution in [0.15, 0.2) is 24.3 Å². The molecule has 1 heterocycles. The number of rotatable bonds is 7. The van der Waals surface area contributed by atoms with E-state index in [2.05, 4.69) is 22.8 Å². The fourth-order valence-corrected chi connectivity index (χ4v) is 2.85. The molecule has 1 aromatic carbocycles. The van der Waals surface area contributed by atoms with Crippen molar-refractivity contribution in [3.8, 4) is 0 Å². The van der Waals surface area contributed by atoms with Crippen molar-refractivity contribution < 1.29 is 9.84 Å². The molecule has 118 valence electrons. The molecule has 1 unspecified atom stereocenters. The number of likely N-dealkylation sites (N-methyl/N-ethyl adjacent to an activating group) is 1. The van der Waals surface area contributed by atoms with Gasteiger partial charge >= 0.3 is 0 Å². The summed E-state index contributed by atoms with van der Waals surface area (Å²) in [5.41, 5.74) is 1.18. The maximum absolute atomic E-state index is 10.3. The first-order chi connectivity index (χ1) is 10.2. The Labute approximate surface area is 132 Å². The molecule has 1 N–H and O–H groups in total. The number of aliphatic hydroxyl groups excluding tert-OH is 1. The molecule has 1 atom stereocenters. The number of benzene rings is 1. The molecule has 1 aliphatic rings. The number of morpholine rings is 1. The number of halogens is 1. The molecule has 0 radical (unpaired) electrons. The van der Waals surface area contributed by atoms with E-state index in [0.29, 0.717) is 6.54 Å². The number of nitrogens with zero attached hydrogens (tertiary/aromatic N) is 2. The van der Waals surface area contributed by atoms with Crippen LogP contribution in [0.2, 0.25) is 5.02 Å². The molecule has 1 aliphatic heterocycles. The first-order valence-corrected chi connectivity index (χ1v) is 8.00. The van der Waals surface area contributed by atoms with Crippen molar-refractivity contribution in [1.82, 2.24) is 9.80 Å². The van der Waals surface area contributed by atoms with Crippen LogP contribution in [0.3, 0.4) is 0 Å². The molecule has 2 rings (SSSR count). The summed E-state index contributed by atoms with van der Waals surface area (Å²) in [4.78, 5) is 4.51. The van der Waals surface area contributed by atoms with Crippen LogP contribution in [-0.2, 0) is 11.3 Å². The SMILES string of the molecule is CCN(Cc1cccc(Cl)c1)CC(O)CN1CCOCC1. The third kappa shape index (κ3) is 5.93. The van der Waals surface area contributed by atoms with Crippen molar-refractivity contribution in [2.45, 2.75) is 19.6 Å². The summed E-state index contributed by atoms with van der Waals surface area (Å²) in [6.07, 6.45) is -0.331. The molecule has 4 nitrogen and oxygen atoms in total. The lowest BCUT2D eigenvalue weighted by Gasteiger charge is -2.30. The highest BCUT2D eigenvalue weighted by Crippen LogP contribution is 2.13. The van der Waals surface area contributed by atoms with Crippen LogP contribution in [0.4, 0.5) is 0 Å². The van der Waals surface area contributed by atoms with Gasteiger partial charge in [0.2, 0.25) is 0 Å². The maximum Gasteiger partial charge on any atom is 0.0793 e. The van der Waals surface area contributed by atoms with Crippen molar-refractivity contribution in [1.29, 1.82) is 0 Å². The highest BCUT2D eigenvalue weighted by Gasteiger charge is 2.17.